The monoisotopic (exact) mass is 335 g/mol. The van der Waals surface area contributed by atoms with Crippen LogP contribution in [0.3, 0.4) is 0 Å². The Morgan fingerprint density at radius 1 is 1.04 bits per heavy atom. The van der Waals surface area contributed by atoms with Crippen LogP contribution in [0.1, 0.15) is 15.9 Å². The third-order valence-corrected chi connectivity index (χ3v) is 3.23. The maximum absolute atomic E-state index is 12.3. The van der Waals surface area contributed by atoms with Crippen molar-refractivity contribution in [3.8, 4) is 0 Å². The Bertz CT molecular complexity index is 822. The first-order valence-corrected chi connectivity index (χ1v) is 6.67. The van der Waals surface area contributed by atoms with Gasteiger partial charge in [0.15, 0.2) is 0 Å². The van der Waals surface area contributed by atoms with Crippen molar-refractivity contribution in [2.24, 2.45) is 0 Å². The van der Waals surface area contributed by atoms with Crippen LogP contribution in [0.25, 0.3) is 0 Å². The minimum atomic E-state index is -0.855. The van der Waals surface area contributed by atoms with Crippen LogP contribution in [0.5, 0.6) is 0 Å². The Morgan fingerprint density at radius 2 is 1.70 bits per heavy atom. The lowest BCUT2D eigenvalue weighted by Gasteiger charge is -2.07. The molecule has 0 bridgehead atoms. The topological polar surface area (TPSA) is 115 Å². The van der Waals surface area contributed by atoms with Crippen molar-refractivity contribution in [2.75, 3.05) is 5.32 Å². The average molecular weight is 336 g/mol. The number of rotatable bonds is 4. The molecular weight excluding hydrogens is 326 g/mol. The number of hydrogen-bond acceptors (Lipinski definition) is 5. The molecule has 118 valence electrons. The van der Waals surface area contributed by atoms with Crippen LogP contribution < -0.4 is 5.32 Å². The van der Waals surface area contributed by atoms with Crippen LogP contribution >= 0.6 is 11.6 Å². The molecule has 2 rings (SSSR count). The van der Waals surface area contributed by atoms with Crippen LogP contribution in [-0.2, 0) is 0 Å². The SMILES string of the molecule is Cc1ccc(NC(=O)c2cc(Cl)ccc2[N+](=O)[O-])c([N+](=O)[O-])c1. The molecule has 0 unspecified atom stereocenters. The quantitative estimate of drug-likeness (QED) is 0.675. The van der Waals surface area contributed by atoms with E-state index in [1.807, 2.05) is 0 Å². The zero-order chi connectivity index (χ0) is 17.1. The fraction of sp³-hybridized carbons (Fsp3) is 0.0714. The van der Waals surface area contributed by atoms with E-state index in [4.69, 9.17) is 11.6 Å². The summed E-state index contributed by atoms with van der Waals surface area (Å²) in [5.74, 6) is -0.855. The smallest absolute Gasteiger partial charge is 0.293 e. The molecule has 0 aliphatic rings. The second-order valence-electron chi connectivity index (χ2n) is 4.65. The molecule has 1 N–H and O–H groups in total. The summed E-state index contributed by atoms with van der Waals surface area (Å²) in [6, 6.07) is 7.75. The Hall–Kier alpha value is -3.00. The number of nitro benzene ring substituents is 2. The molecule has 0 aromatic heterocycles. The van der Waals surface area contributed by atoms with E-state index in [0.717, 1.165) is 12.1 Å². The van der Waals surface area contributed by atoms with E-state index in [-0.39, 0.29) is 22.0 Å². The predicted molar refractivity (Wildman–Crippen MR) is 83.9 cm³/mol. The molecule has 0 fully saturated rings. The van der Waals surface area contributed by atoms with Gasteiger partial charge in [0.25, 0.3) is 17.3 Å². The molecule has 0 aliphatic carbocycles. The van der Waals surface area contributed by atoms with Crippen LogP contribution in [0.2, 0.25) is 5.02 Å². The van der Waals surface area contributed by atoms with Gasteiger partial charge in [-0.3, -0.25) is 25.0 Å². The summed E-state index contributed by atoms with van der Waals surface area (Å²) in [5, 5.41) is 24.5. The summed E-state index contributed by atoms with van der Waals surface area (Å²) in [5.41, 5.74) is -0.439. The molecule has 8 nitrogen and oxygen atoms in total. The highest BCUT2D eigenvalue weighted by molar-refractivity contribution is 6.31. The number of halogens is 1. The standard InChI is InChI=1S/C14H10ClN3O5/c1-8-2-4-11(13(6-8)18(22)23)16-14(19)10-7-9(15)3-5-12(10)17(20)21/h2-7H,1H3,(H,16,19). The van der Waals surface area contributed by atoms with Gasteiger partial charge in [-0.2, -0.15) is 0 Å². The van der Waals surface area contributed by atoms with Crippen LogP contribution in [0.15, 0.2) is 36.4 Å². The van der Waals surface area contributed by atoms with E-state index in [1.54, 1.807) is 13.0 Å². The molecule has 23 heavy (non-hydrogen) atoms. The first-order valence-electron chi connectivity index (χ1n) is 6.30. The fourth-order valence-electron chi connectivity index (χ4n) is 1.94. The van der Waals surface area contributed by atoms with Gasteiger partial charge in [0, 0.05) is 17.2 Å². The van der Waals surface area contributed by atoms with Crippen molar-refractivity contribution < 1.29 is 14.6 Å². The normalized spacial score (nSPS) is 10.2. The van der Waals surface area contributed by atoms with E-state index >= 15 is 0 Å². The number of carbonyl (C=O) groups excluding carboxylic acids is 1. The third-order valence-electron chi connectivity index (χ3n) is 3.00. The molecule has 9 heteroatoms. The van der Waals surface area contributed by atoms with Crippen molar-refractivity contribution in [1.82, 2.24) is 0 Å². The van der Waals surface area contributed by atoms with Gasteiger partial charge in [0.1, 0.15) is 11.3 Å². The summed E-state index contributed by atoms with van der Waals surface area (Å²) in [6.45, 7) is 1.67. The number of carbonyl (C=O) groups is 1. The van der Waals surface area contributed by atoms with Crippen molar-refractivity contribution in [1.29, 1.82) is 0 Å². The molecular formula is C14H10ClN3O5. The van der Waals surface area contributed by atoms with Gasteiger partial charge in [0.2, 0.25) is 0 Å². The molecule has 0 atom stereocenters. The highest BCUT2D eigenvalue weighted by Crippen LogP contribution is 2.28. The molecule has 0 radical (unpaired) electrons. The maximum Gasteiger partial charge on any atom is 0.293 e. The number of benzene rings is 2. The van der Waals surface area contributed by atoms with Gasteiger partial charge in [-0.05, 0) is 30.7 Å². The molecule has 0 saturated carbocycles. The van der Waals surface area contributed by atoms with Gasteiger partial charge in [-0.25, -0.2) is 0 Å². The summed E-state index contributed by atoms with van der Waals surface area (Å²) >= 11 is 5.76. The van der Waals surface area contributed by atoms with Crippen molar-refractivity contribution in [3.05, 3.63) is 72.8 Å². The number of amides is 1. The van der Waals surface area contributed by atoms with Crippen LogP contribution in [-0.4, -0.2) is 15.8 Å². The van der Waals surface area contributed by atoms with E-state index in [2.05, 4.69) is 5.32 Å². The van der Waals surface area contributed by atoms with Gasteiger partial charge in [-0.15, -0.1) is 0 Å². The lowest BCUT2D eigenvalue weighted by Crippen LogP contribution is -2.15. The van der Waals surface area contributed by atoms with Gasteiger partial charge in [0.05, 0.1) is 9.85 Å². The number of nitro groups is 2. The summed E-state index contributed by atoms with van der Waals surface area (Å²) < 4.78 is 0. The van der Waals surface area contributed by atoms with Crippen molar-refractivity contribution >= 4 is 34.6 Å². The Kier molecular flexibility index (Phi) is 4.56. The second kappa shape index (κ2) is 6.41. The zero-order valence-electron chi connectivity index (χ0n) is 11.8. The minimum absolute atomic E-state index is 0.0557. The second-order valence-corrected chi connectivity index (χ2v) is 5.09. The Balaban J connectivity index is 2.43. The molecule has 0 spiro atoms. The molecule has 0 saturated heterocycles. The van der Waals surface area contributed by atoms with E-state index in [1.165, 1.54) is 18.2 Å². The van der Waals surface area contributed by atoms with Crippen LogP contribution in [0, 0.1) is 27.2 Å². The third kappa shape index (κ3) is 3.61. The summed E-state index contributed by atoms with van der Waals surface area (Å²) in [6.07, 6.45) is 0. The summed E-state index contributed by atoms with van der Waals surface area (Å²) in [4.78, 5) is 32.9. The maximum atomic E-state index is 12.3. The minimum Gasteiger partial charge on any atom is -0.316 e. The number of anilines is 1. The first kappa shape index (κ1) is 16.4. The molecule has 2 aromatic carbocycles. The molecule has 2 aromatic rings. The number of aryl methyl sites for hydroxylation is 1. The summed E-state index contributed by atoms with van der Waals surface area (Å²) in [7, 11) is 0. The number of nitrogens with one attached hydrogen (secondary N) is 1. The van der Waals surface area contributed by atoms with Gasteiger partial charge in [-0.1, -0.05) is 17.7 Å². The van der Waals surface area contributed by atoms with Gasteiger partial charge >= 0.3 is 0 Å². The lowest BCUT2D eigenvalue weighted by molar-refractivity contribution is -0.385. The fourth-order valence-corrected chi connectivity index (χ4v) is 2.11. The Labute approximate surface area is 135 Å². The first-order chi connectivity index (χ1) is 10.8. The lowest BCUT2D eigenvalue weighted by atomic mass is 10.1. The largest absolute Gasteiger partial charge is 0.316 e. The van der Waals surface area contributed by atoms with Crippen molar-refractivity contribution in [3.63, 3.8) is 0 Å². The van der Waals surface area contributed by atoms with E-state index in [9.17, 15) is 25.0 Å². The average Bonchev–Trinajstić information content (AvgIpc) is 2.48. The van der Waals surface area contributed by atoms with Gasteiger partial charge < -0.3 is 5.32 Å². The van der Waals surface area contributed by atoms with E-state index in [0.29, 0.717) is 5.56 Å². The zero-order valence-corrected chi connectivity index (χ0v) is 12.5. The Morgan fingerprint density at radius 3 is 2.30 bits per heavy atom. The number of nitrogens with zero attached hydrogens (tertiary/aromatic N) is 2. The highest BCUT2D eigenvalue weighted by atomic mass is 35.5. The van der Waals surface area contributed by atoms with Crippen molar-refractivity contribution in [2.45, 2.75) is 6.92 Å². The molecule has 0 heterocycles. The van der Waals surface area contributed by atoms with E-state index < -0.39 is 21.4 Å². The number of hydrogen-bond donors (Lipinski definition) is 1. The predicted octanol–water partition coefficient (Wildman–Crippen LogP) is 3.72. The molecule has 0 aliphatic heterocycles. The molecule has 1 amide bonds. The van der Waals surface area contributed by atoms with Crippen LogP contribution in [0.4, 0.5) is 17.1 Å². The highest BCUT2D eigenvalue weighted by Gasteiger charge is 2.23.